The van der Waals surface area contributed by atoms with Crippen molar-refractivity contribution < 1.29 is 18.7 Å². The molecule has 0 saturated heterocycles. The summed E-state index contributed by atoms with van der Waals surface area (Å²) in [4.78, 5) is 24.4. The number of hydrogen-bond acceptors (Lipinski definition) is 4. The minimum absolute atomic E-state index is 0.0652. The van der Waals surface area contributed by atoms with Crippen LogP contribution in [0.4, 0.5) is 0 Å². The van der Waals surface area contributed by atoms with Crippen molar-refractivity contribution in [1.82, 2.24) is 5.32 Å². The number of rotatable bonds is 8. The molecule has 5 nitrogen and oxygen atoms in total. The standard InChI is InChI=1S/C22H23NO4/c1-3-26-18-10-8-16(9-11-18)19(24)12-13-22(25)23-15(2)21-14-17-6-4-5-7-20(17)27-21/h4-11,14-15H,3,12-13H2,1-2H3,(H,23,25)/t15-/m1/s1. The maximum Gasteiger partial charge on any atom is 0.221 e. The summed E-state index contributed by atoms with van der Waals surface area (Å²) in [6.07, 6.45) is 0.295. The largest absolute Gasteiger partial charge is 0.494 e. The number of benzene rings is 2. The van der Waals surface area contributed by atoms with E-state index in [4.69, 9.17) is 9.15 Å². The van der Waals surface area contributed by atoms with Crippen LogP contribution in [0.25, 0.3) is 11.0 Å². The smallest absolute Gasteiger partial charge is 0.221 e. The maximum absolute atomic E-state index is 12.3. The Balaban J connectivity index is 1.51. The highest BCUT2D eigenvalue weighted by molar-refractivity contribution is 5.98. The number of carbonyl (C=O) groups is 2. The van der Waals surface area contributed by atoms with Crippen molar-refractivity contribution >= 4 is 22.7 Å². The van der Waals surface area contributed by atoms with Crippen LogP contribution in [0, 0.1) is 0 Å². The third-order valence-electron chi connectivity index (χ3n) is 4.32. The molecule has 2 aromatic carbocycles. The Hall–Kier alpha value is -3.08. The van der Waals surface area contributed by atoms with Gasteiger partial charge in [-0.1, -0.05) is 18.2 Å². The van der Waals surface area contributed by atoms with Crippen molar-refractivity contribution in [2.75, 3.05) is 6.61 Å². The van der Waals surface area contributed by atoms with E-state index in [-0.39, 0.29) is 30.6 Å². The zero-order valence-electron chi connectivity index (χ0n) is 15.5. The van der Waals surface area contributed by atoms with Gasteiger partial charge in [0.15, 0.2) is 5.78 Å². The Kier molecular flexibility index (Phi) is 5.91. The second kappa shape index (κ2) is 8.54. The summed E-state index contributed by atoms with van der Waals surface area (Å²) < 4.78 is 11.1. The number of hydrogen-bond donors (Lipinski definition) is 1. The van der Waals surface area contributed by atoms with Crippen LogP contribution < -0.4 is 10.1 Å². The topological polar surface area (TPSA) is 68.5 Å². The summed E-state index contributed by atoms with van der Waals surface area (Å²) in [7, 11) is 0. The van der Waals surface area contributed by atoms with Crippen LogP contribution in [0.5, 0.6) is 5.75 Å². The average Bonchev–Trinajstić information content (AvgIpc) is 3.11. The molecule has 0 fully saturated rings. The van der Waals surface area contributed by atoms with E-state index >= 15 is 0 Å². The number of fused-ring (bicyclic) bond motifs is 1. The molecule has 3 aromatic rings. The Morgan fingerprint density at radius 2 is 1.81 bits per heavy atom. The average molecular weight is 365 g/mol. The predicted octanol–water partition coefficient (Wildman–Crippen LogP) is 4.67. The number of furan rings is 1. The number of ketones is 1. The number of nitrogens with one attached hydrogen (secondary N) is 1. The molecule has 0 aliphatic rings. The van der Waals surface area contributed by atoms with E-state index in [0.29, 0.717) is 17.9 Å². The van der Waals surface area contributed by atoms with Gasteiger partial charge in [-0.2, -0.15) is 0 Å². The van der Waals surface area contributed by atoms with Gasteiger partial charge in [0, 0.05) is 23.8 Å². The maximum atomic E-state index is 12.3. The quantitative estimate of drug-likeness (QED) is 0.589. The van der Waals surface area contributed by atoms with Gasteiger partial charge in [-0.25, -0.2) is 0 Å². The molecule has 1 heterocycles. The molecule has 0 saturated carbocycles. The van der Waals surface area contributed by atoms with Gasteiger partial charge in [0.1, 0.15) is 17.1 Å². The van der Waals surface area contributed by atoms with Crippen LogP contribution in [-0.2, 0) is 4.79 Å². The minimum Gasteiger partial charge on any atom is -0.494 e. The van der Waals surface area contributed by atoms with Gasteiger partial charge in [0.2, 0.25) is 5.91 Å². The van der Waals surface area contributed by atoms with E-state index in [1.165, 1.54) is 0 Å². The summed E-state index contributed by atoms with van der Waals surface area (Å²) in [5.74, 6) is 1.18. The first-order valence-corrected chi connectivity index (χ1v) is 9.10. The van der Waals surface area contributed by atoms with Gasteiger partial charge in [-0.05, 0) is 50.2 Å². The van der Waals surface area contributed by atoms with Crippen molar-refractivity contribution in [3.8, 4) is 5.75 Å². The zero-order chi connectivity index (χ0) is 19.2. The molecule has 1 atom stereocenters. The highest BCUT2D eigenvalue weighted by Gasteiger charge is 2.15. The van der Waals surface area contributed by atoms with Gasteiger partial charge >= 0.3 is 0 Å². The SMILES string of the molecule is CCOc1ccc(C(=O)CCC(=O)N[C@H](C)c2cc3ccccc3o2)cc1. The van der Waals surface area contributed by atoms with Gasteiger partial charge in [0.25, 0.3) is 0 Å². The Morgan fingerprint density at radius 3 is 2.52 bits per heavy atom. The molecule has 27 heavy (non-hydrogen) atoms. The van der Waals surface area contributed by atoms with Gasteiger partial charge in [-0.3, -0.25) is 9.59 Å². The number of ether oxygens (including phenoxy) is 1. The highest BCUT2D eigenvalue weighted by Crippen LogP contribution is 2.23. The van der Waals surface area contributed by atoms with Gasteiger partial charge in [-0.15, -0.1) is 0 Å². The van der Waals surface area contributed by atoms with E-state index in [2.05, 4.69) is 5.32 Å². The summed E-state index contributed by atoms with van der Waals surface area (Å²) in [6, 6.07) is 16.3. The first-order chi connectivity index (χ1) is 13.1. The molecular formula is C22H23NO4. The Morgan fingerprint density at radius 1 is 1.07 bits per heavy atom. The van der Waals surface area contributed by atoms with Crippen LogP contribution in [0.2, 0.25) is 0 Å². The number of carbonyl (C=O) groups excluding carboxylic acids is 2. The van der Waals surface area contributed by atoms with Crippen molar-refractivity contribution in [1.29, 1.82) is 0 Å². The molecule has 3 rings (SSSR count). The van der Waals surface area contributed by atoms with Crippen LogP contribution >= 0.6 is 0 Å². The second-order valence-electron chi connectivity index (χ2n) is 6.36. The van der Waals surface area contributed by atoms with E-state index in [0.717, 1.165) is 16.7 Å². The second-order valence-corrected chi connectivity index (χ2v) is 6.36. The molecule has 0 spiro atoms. The van der Waals surface area contributed by atoms with E-state index in [1.54, 1.807) is 24.3 Å². The van der Waals surface area contributed by atoms with E-state index in [1.807, 2.05) is 44.2 Å². The molecule has 5 heteroatoms. The van der Waals surface area contributed by atoms with Gasteiger partial charge in [0.05, 0.1) is 12.6 Å². The fourth-order valence-corrected chi connectivity index (χ4v) is 2.88. The van der Waals surface area contributed by atoms with Crippen molar-refractivity contribution in [3.05, 3.63) is 65.9 Å². The molecule has 1 N–H and O–H groups in total. The molecule has 1 aromatic heterocycles. The molecule has 1 amide bonds. The van der Waals surface area contributed by atoms with E-state index < -0.39 is 0 Å². The lowest BCUT2D eigenvalue weighted by molar-refractivity contribution is -0.121. The predicted molar refractivity (Wildman–Crippen MR) is 104 cm³/mol. The minimum atomic E-state index is -0.259. The van der Waals surface area contributed by atoms with Crippen LogP contribution in [0.15, 0.2) is 59.0 Å². The molecule has 0 radical (unpaired) electrons. The summed E-state index contributed by atoms with van der Waals surface area (Å²) in [5, 5.41) is 3.88. The molecule has 0 aliphatic carbocycles. The lowest BCUT2D eigenvalue weighted by Gasteiger charge is -2.11. The third kappa shape index (κ3) is 4.76. The van der Waals surface area contributed by atoms with Crippen molar-refractivity contribution in [2.45, 2.75) is 32.7 Å². The normalized spacial score (nSPS) is 11.9. The van der Waals surface area contributed by atoms with Gasteiger partial charge < -0.3 is 14.5 Å². The lowest BCUT2D eigenvalue weighted by atomic mass is 10.1. The monoisotopic (exact) mass is 365 g/mol. The fraction of sp³-hybridized carbons (Fsp3) is 0.273. The number of Topliss-reactive ketones (excluding diaryl/α,β-unsaturated/α-hetero) is 1. The van der Waals surface area contributed by atoms with Crippen LogP contribution in [0.3, 0.4) is 0 Å². The molecule has 0 aliphatic heterocycles. The summed E-state index contributed by atoms with van der Waals surface area (Å²) in [5.41, 5.74) is 1.37. The van der Waals surface area contributed by atoms with E-state index in [9.17, 15) is 9.59 Å². The van der Waals surface area contributed by atoms with Crippen molar-refractivity contribution in [3.63, 3.8) is 0 Å². The third-order valence-corrected chi connectivity index (χ3v) is 4.32. The molecule has 0 unspecified atom stereocenters. The number of para-hydroxylation sites is 1. The lowest BCUT2D eigenvalue weighted by Crippen LogP contribution is -2.26. The van der Waals surface area contributed by atoms with Crippen LogP contribution in [0.1, 0.15) is 48.8 Å². The Labute approximate surface area is 158 Å². The summed E-state index contributed by atoms with van der Waals surface area (Å²) >= 11 is 0. The highest BCUT2D eigenvalue weighted by atomic mass is 16.5. The summed E-state index contributed by atoms with van der Waals surface area (Å²) in [6.45, 7) is 4.35. The molecule has 0 bridgehead atoms. The zero-order valence-corrected chi connectivity index (χ0v) is 15.5. The molecule has 140 valence electrons. The van der Waals surface area contributed by atoms with Crippen LogP contribution in [-0.4, -0.2) is 18.3 Å². The Bertz CT molecular complexity index is 894. The first-order valence-electron chi connectivity index (χ1n) is 9.10. The first kappa shape index (κ1) is 18.7. The van der Waals surface area contributed by atoms with Crippen molar-refractivity contribution in [2.24, 2.45) is 0 Å². The number of amides is 1. The molecular weight excluding hydrogens is 342 g/mol. The fourth-order valence-electron chi connectivity index (χ4n) is 2.88.